The maximum Gasteiger partial charge on any atom is 0.259 e. The number of phenols is 1. The van der Waals surface area contributed by atoms with Gasteiger partial charge in [-0.25, -0.2) is 0 Å². The number of nitrogens with one attached hydrogen (secondary N) is 2. The van der Waals surface area contributed by atoms with Crippen molar-refractivity contribution in [3.63, 3.8) is 0 Å². The van der Waals surface area contributed by atoms with Gasteiger partial charge >= 0.3 is 0 Å². The molecule has 3 aromatic rings. The molecule has 3 rings (SSSR count). The molecule has 0 aliphatic heterocycles. The predicted octanol–water partition coefficient (Wildman–Crippen LogP) is 5.56. The summed E-state index contributed by atoms with van der Waals surface area (Å²) >= 11 is 11.8. The normalized spacial score (nSPS) is 10.4. The molecule has 0 fully saturated rings. The number of hydrogen-bond donors (Lipinski definition) is 3. The van der Waals surface area contributed by atoms with Crippen LogP contribution < -0.4 is 10.6 Å². The molecule has 0 saturated heterocycles. The second-order valence-electron chi connectivity index (χ2n) is 5.68. The lowest BCUT2D eigenvalue weighted by molar-refractivity contribution is 0.102. The lowest BCUT2D eigenvalue weighted by Gasteiger charge is -2.10. The van der Waals surface area contributed by atoms with Gasteiger partial charge in [-0.05, 0) is 60.2 Å². The van der Waals surface area contributed by atoms with E-state index in [2.05, 4.69) is 10.6 Å². The molecule has 0 aromatic heterocycles. The second kappa shape index (κ2) is 8.13. The fourth-order valence-electron chi connectivity index (χ4n) is 2.42. The third kappa shape index (κ3) is 4.69. The van der Waals surface area contributed by atoms with Crippen LogP contribution in [-0.4, -0.2) is 11.0 Å². The Morgan fingerprint density at radius 1 is 0.885 bits per heavy atom. The molecular weight excluding hydrogens is 371 g/mol. The Morgan fingerprint density at radius 3 is 2.38 bits per heavy atom. The molecule has 0 aliphatic carbocycles. The number of rotatable bonds is 5. The van der Waals surface area contributed by atoms with E-state index >= 15 is 0 Å². The first-order valence-electron chi connectivity index (χ1n) is 7.89. The summed E-state index contributed by atoms with van der Waals surface area (Å²) in [6.45, 7) is 0.591. The fourth-order valence-corrected chi connectivity index (χ4v) is 2.72. The largest absolute Gasteiger partial charge is 0.507 e. The number of anilines is 2. The van der Waals surface area contributed by atoms with Crippen molar-refractivity contribution in [2.45, 2.75) is 6.54 Å². The maximum atomic E-state index is 12.4. The van der Waals surface area contributed by atoms with E-state index in [0.717, 1.165) is 11.3 Å². The summed E-state index contributed by atoms with van der Waals surface area (Å²) in [6, 6.07) is 19.2. The summed E-state index contributed by atoms with van der Waals surface area (Å²) in [5, 5.41) is 17.0. The van der Waals surface area contributed by atoms with Crippen LogP contribution in [0.1, 0.15) is 15.9 Å². The summed E-state index contributed by atoms with van der Waals surface area (Å²) in [5.74, 6) is -0.541. The zero-order chi connectivity index (χ0) is 18.5. The maximum absolute atomic E-state index is 12.4. The quantitative estimate of drug-likeness (QED) is 0.537. The Bertz CT molecular complexity index is 927. The molecule has 0 unspecified atom stereocenters. The fraction of sp³-hybridized carbons (Fsp3) is 0.0500. The molecule has 4 nitrogen and oxygen atoms in total. The Kier molecular flexibility index (Phi) is 5.66. The van der Waals surface area contributed by atoms with Crippen LogP contribution in [-0.2, 0) is 6.54 Å². The number of carbonyl (C=O) groups is 1. The van der Waals surface area contributed by atoms with Gasteiger partial charge in [0.15, 0.2) is 0 Å². The SMILES string of the molecule is O=C(Nc1cccc(CNc2ccc(Cl)cc2)c1)c1cc(Cl)ccc1O. The second-order valence-corrected chi connectivity index (χ2v) is 6.55. The van der Waals surface area contributed by atoms with Crippen molar-refractivity contribution in [3.05, 3.63) is 87.9 Å². The molecule has 0 bridgehead atoms. The zero-order valence-electron chi connectivity index (χ0n) is 13.7. The van der Waals surface area contributed by atoms with Gasteiger partial charge in [0.2, 0.25) is 0 Å². The van der Waals surface area contributed by atoms with Gasteiger partial charge < -0.3 is 15.7 Å². The molecule has 0 aliphatic rings. The summed E-state index contributed by atoms with van der Waals surface area (Å²) in [7, 11) is 0. The van der Waals surface area contributed by atoms with Crippen LogP contribution in [0.15, 0.2) is 66.7 Å². The number of phenolic OH excluding ortho intramolecular Hbond substituents is 1. The highest BCUT2D eigenvalue weighted by atomic mass is 35.5. The average Bonchev–Trinajstić information content (AvgIpc) is 2.63. The van der Waals surface area contributed by atoms with Crippen LogP contribution in [0, 0.1) is 0 Å². The highest BCUT2D eigenvalue weighted by molar-refractivity contribution is 6.31. The Balaban J connectivity index is 1.68. The zero-order valence-corrected chi connectivity index (χ0v) is 15.2. The predicted molar refractivity (Wildman–Crippen MR) is 106 cm³/mol. The van der Waals surface area contributed by atoms with Gasteiger partial charge in [-0.2, -0.15) is 0 Å². The summed E-state index contributed by atoms with van der Waals surface area (Å²) in [6.07, 6.45) is 0. The van der Waals surface area contributed by atoms with E-state index in [1.54, 1.807) is 6.07 Å². The van der Waals surface area contributed by atoms with E-state index in [0.29, 0.717) is 22.3 Å². The van der Waals surface area contributed by atoms with Crippen LogP contribution in [0.4, 0.5) is 11.4 Å². The Labute approximate surface area is 161 Å². The van der Waals surface area contributed by atoms with Gasteiger partial charge in [0.05, 0.1) is 5.56 Å². The highest BCUT2D eigenvalue weighted by Crippen LogP contribution is 2.23. The molecule has 3 N–H and O–H groups in total. The Morgan fingerprint density at radius 2 is 1.62 bits per heavy atom. The van der Waals surface area contributed by atoms with Crippen molar-refractivity contribution in [2.75, 3.05) is 10.6 Å². The molecule has 0 heterocycles. The molecule has 132 valence electrons. The number of halogens is 2. The van der Waals surface area contributed by atoms with E-state index in [1.807, 2.05) is 42.5 Å². The van der Waals surface area contributed by atoms with E-state index in [1.165, 1.54) is 18.2 Å². The molecule has 6 heteroatoms. The van der Waals surface area contributed by atoms with E-state index in [4.69, 9.17) is 23.2 Å². The molecule has 1 amide bonds. The van der Waals surface area contributed by atoms with Gasteiger partial charge in [0.25, 0.3) is 5.91 Å². The molecule has 3 aromatic carbocycles. The van der Waals surface area contributed by atoms with Crippen LogP contribution in [0.2, 0.25) is 10.0 Å². The van der Waals surface area contributed by atoms with Crippen molar-refractivity contribution in [2.24, 2.45) is 0 Å². The van der Waals surface area contributed by atoms with Gasteiger partial charge in [-0.3, -0.25) is 4.79 Å². The van der Waals surface area contributed by atoms with Crippen molar-refractivity contribution in [3.8, 4) is 5.75 Å². The van der Waals surface area contributed by atoms with Gasteiger partial charge in [0.1, 0.15) is 5.75 Å². The number of carbonyl (C=O) groups excluding carboxylic acids is 1. The minimum absolute atomic E-state index is 0.118. The molecular formula is C20H16Cl2N2O2. The number of amides is 1. The van der Waals surface area contributed by atoms with Gasteiger partial charge in [0, 0.05) is 28.0 Å². The first-order valence-corrected chi connectivity index (χ1v) is 8.65. The van der Waals surface area contributed by atoms with Crippen LogP contribution in [0.3, 0.4) is 0 Å². The standard InChI is InChI=1S/C20H16Cl2N2O2/c21-14-4-7-16(8-5-14)23-12-13-2-1-3-17(10-13)24-20(26)18-11-15(22)6-9-19(18)25/h1-11,23,25H,12H2,(H,24,26). The number of hydrogen-bond acceptors (Lipinski definition) is 3. The van der Waals surface area contributed by atoms with Crippen LogP contribution in [0.5, 0.6) is 5.75 Å². The minimum Gasteiger partial charge on any atom is -0.507 e. The van der Waals surface area contributed by atoms with E-state index in [9.17, 15) is 9.90 Å². The third-order valence-electron chi connectivity index (χ3n) is 3.73. The van der Waals surface area contributed by atoms with E-state index < -0.39 is 5.91 Å². The molecule has 0 spiro atoms. The summed E-state index contributed by atoms with van der Waals surface area (Å²) in [5.41, 5.74) is 2.70. The third-order valence-corrected chi connectivity index (χ3v) is 4.22. The van der Waals surface area contributed by atoms with Crippen molar-refractivity contribution in [1.82, 2.24) is 0 Å². The van der Waals surface area contributed by atoms with Gasteiger partial charge in [-0.15, -0.1) is 0 Å². The topological polar surface area (TPSA) is 61.4 Å². The molecule has 0 radical (unpaired) electrons. The summed E-state index contributed by atoms with van der Waals surface area (Å²) in [4.78, 5) is 12.4. The highest BCUT2D eigenvalue weighted by Gasteiger charge is 2.12. The van der Waals surface area contributed by atoms with Gasteiger partial charge in [-0.1, -0.05) is 35.3 Å². The Hall–Kier alpha value is -2.69. The molecule has 0 atom stereocenters. The van der Waals surface area contributed by atoms with Crippen LogP contribution in [0.25, 0.3) is 0 Å². The van der Waals surface area contributed by atoms with Crippen molar-refractivity contribution < 1.29 is 9.90 Å². The van der Waals surface area contributed by atoms with Crippen molar-refractivity contribution >= 4 is 40.5 Å². The van der Waals surface area contributed by atoms with Crippen molar-refractivity contribution in [1.29, 1.82) is 0 Å². The lowest BCUT2D eigenvalue weighted by atomic mass is 10.1. The number of benzene rings is 3. The monoisotopic (exact) mass is 386 g/mol. The molecule has 26 heavy (non-hydrogen) atoms. The first-order chi connectivity index (χ1) is 12.5. The summed E-state index contributed by atoms with van der Waals surface area (Å²) < 4.78 is 0. The smallest absolute Gasteiger partial charge is 0.259 e. The first kappa shape index (κ1) is 18.1. The number of aromatic hydroxyl groups is 1. The minimum atomic E-state index is -0.423. The van der Waals surface area contributed by atoms with Crippen LogP contribution >= 0.6 is 23.2 Å². The molecule has 0 saturated carbocycles. The lowest BCUT2D eigenvalue weighted by Crippen LogP contribution is -2.12. The van der Waals surface area contributed by atoms with E-state index in [-0.39, 0.29) is 11.3 Å². The average molecular weight is 387 g/mol.